The van der Waals surface area contributed by atoms with E-state index in [1.54, 1.807) is 10.7 Å². The molecule has 0 N–H and O–H groups in total. The Hall–Kier alpha value is -2.67. The third-order valence-electron chi connectivity index (χ3n) is 6.65. The van der Waals surface area contributed by atoms with E-state index in [4.69, 9.17) is 0 Å². The molecule has 0 aliphatic carbocycles. The van der Waals surface area contributed by atoms with Crippen LogP contribution in [0, 0.1) is 0 Å². The van der Waals surface area contributed by atoms with E-state index in [0.717, 1.165) is 0 Å². The normalized spacial score (nSPS) is 11.4. The average Bonchev–Trinajstić information content (AvgIpc) is 2.94. The van der Waals surface area contributed by atoms with E-state index in [0.29, 0.717) is 0 Å². The molecular weight excluding hydrogens is 534 g/mol. The Kier molecular flexibility index (Phi) is 7.58. The van der Waals surface area contributed by atoms with Crippen molar-refractivity contribution >= 4 is 47.6 Å². The van der Waals surface area contributed by atoms with Gasteiger partial charge in [0.2, 0.25) is 0 Å². The molecule has 0 atom stereocenters. The molecule has 5 aromatic rings. The first kappa shape index (κ1) is 23.1. The van der Waals surface area contributed by atoms with Crippen LogP contribution >= 0.6 is 7.92 Å². The van der Waals surface area contributed by atoms with Gasteiger partial charge in [-0.1, -0.05) is 0 Å². The van der Waals surface area contributed by atoms with Gasteiger partial charge in [-0.3, -0.25) is 0 Å². The zero-order valence-electron chi connectivity index (χ0n) is 19.3. The summed E-state index contributed by atoms with van der Waals surface area (Å²) in [7, 11) is -0.434. The summed E-state index contributed by atoms with van der Waals surface area (Å²) in [5.74, 6) is 0. The predicted octanol–water partition coefficient (Wildman–Crippen LogP) is 5.29. The molecular formula is C32H29PSn. The first-order chi connectivity index (χ1) is 16.9. The Balaban J connectivity index is 1.65. The van der Waals surface area contributed by atoms with Crippen molar-refractivity contribution in [3.63, 3.8) is 0 Å². The van der Waals surface area contributed by atoms with Gasteiger partial charge in [0, 0.05) is 0 Å². The first-order valence-electron chi connectivity index (χ1n) is 11.9. The van der Waals surface area contributed by atoms with E-state index in [2.05, 4.69) is 152 Å². The third-order valence-corrected chi connectivity index (χ3v) is 24.5. The molecule has 0 bridgehead atoms. The molecule has 0 saturated heterocycles. The van der Waals surface area contributed by atoms with Crippen molar-refractivity contribution in [2.24, 2.45) is 0 Å². The van der Waals surface area contributed by atoms with Gasteiger partial charge < -0.3 is 0 Å². The van der Waals surface area contributed by atoms with Crippen LogP contribution in [0.2, 0.25) is 4.44 Å². The van der Waals surface area contributed by atoms with E-state index < -0.39 is 26.3 Å². The fourth-order valence-electron chi connectivity index (χ4n) is 5.00. The fourth-order valence-corrected chi connectivity index (χ4v) is 24.1. The summed E-state index contributed by atoms with van der Waals surface area (Å²) in [6.07, 6.45) is 1.19. The summed E-state index contributed by atoms with van der Waals surface area (Å²) in [6, 6.07) is 56.5. The van der Waals surface area contributed by atoms with E-state index >= 15 is 0 Å². The maximum atomic E-state index is 2.39. The number of hydrogen-bond acceptors (Lipinski definition) is 0. The third kappa shape index (κ3) is 4.90. The zero-order valence-corrected chi connectivity index (χ0v) is 23.0. The Labute approximate surface area is 209 Å². The van der Waals surface area contributed by atoms with E-state index in [1.165, 1.54) is 21.2 Å². The summed E-state index contributed by atoms with van der Waals surface area (Å²) < 4.78 is 5.92. The summed E-state index contributed by atoms with van der Waals surface area (Å²) in [5.41, 5.74) is 0. The van der Waals surface area contributed by atoms with Gasteiger partial charge in [-0.2, -0.15) is 0 Å². The molecule has 0 amide bonds. The quantitative estimate of drug-likeness (QED) is 0.178. The van der Waals surface area contributed by atoms with Gasteiger partial charge in [0.25, 0.3) is 0 Å². The fraction of sp³-hybridized carbons (Fsp3) is 0.0625. The Bertz CT molecular complexity index is 1140. The molecule has 0 heterocycles. The van der Waals surface area contributed by atoms with Crippen LogP contribution in [0.1, 0.15) is 0 Å². The van der Waals surface area contributed by atoms with Gasteiger partial charge in [-0.25, -0.2) is 0 Å². The molecule has 0 nitrogen and oxygen atoms in total. The van der Waals surface area contributed by atoms with Gasteiger partial charge >= 0.3 is 210 Å². The first-order valence-corrected chi connectivity index (χ1v) is 19.7. The maximum absolute atomic E-state index is 3.27. The van der Waals surface area contributed by atoms with Crippen molar-refractivity contribution in [2.75, 3.05) is 6.16 Å². The topological polar surface area (TPSA) is 0 Å². The monoisotopic (exact) mass is 564 g/mol. The second-order valence-corrected chi connectivity index (χ2v) is 22.5. The molecule has 0 fully saturated rings. The predicted molar refractivity (Wildman–Crippen MR) is 153 cm³/mol. The summed E-state index contributed by atoms with van der Waals surface area (Å²) in [5, 5.41) is 2.94. The SMILES string of the molecule is c1ccc(P(C[CH2][Sn]([c]2ccccc2)([c]2ccccc2)[c]2ccccc2)c2ccccc2)cc1. The molecule has 0 aliphatic heterocycles. The zero-order chi connectivity index (χ0) is 23.1. The van der Waals surface area contributed by atoms with Gasteiger partial charge in [-0.15, -0.1) is 0 Å². The molecule has 166 valence electrons. The minimum atomic E-state index is -3.27. The van der Waals surface area contributed by atoms with E-state index in [-0.39, 0.29) is 0 Å². The molecule has 34 heavy (non-hydrogen) atoms. The minimum absolute atomic E-state index is 0.434. The summed E-state index contributed by atoms with van der Waals surface area (Å²) >= 11 is -3.27. The van der Waals surface area contributed by atoms with Crippen LogP contribution in [0.15, 0.2) is 152 Å². The number of benzene rings is 5. The second kappa shape index (κ2) is 11.2. The van der Waals surface area contributed by atoms with Crippen molar-refractivity contribution < 1.29 is 0 Å². The van der Waals surface area contributed by atoms with Gasteiger partial charge in [0.05, 0.1) is 0 Å². The van der Waals surface area contributed by atoms with Crippen LogP contribution in [0.5, 0.6) is 0 Å². The molecule has 0 aromatic heterocycles. The second-order valence-electron chi connectivity index (χ2n) is 8.58. The standard InChI is InChI=1S/C14H14P.3C6H5.Sn/c1-2-15(13-9-5-3-6-10-13)14-11-7-4-8-12-14;3*1-2-4-6-5-3-1;/h3-12H,1-2H2;3*1-5H;. The molecule has 2 heteroatoms. The Morgan fingerprint density at radius 3 is 1.00 bits per heavy atom. The molecule has 5 aromatic carbocycles. The molecule has 0 radical (unpaired) electrons. The molecule has 0 unspecified atom stereocenters. The molecule has 0 spiro atoms. The van der Waals surface area contributed by atoms with Crippen LogP contribution in [0.3, 0.4) is 0 Å². The van der Waals surface area contributed by atoms with Crippen LogP contribution in [0.4, 0.5) is 0 Å². The summed E-state index contributed by atoms with van der Waals surface area (Å²) in [6.45, 7) is 0. The van der Waals surface area contributed by atoms with Gasteiger partial charge in [-0.05, 0) is 0 Å². The number of rotatable bonds is 8. The molecule has 0 saturated carbocycles. The van der Waals surface area contributed by atoms with Crippen molar-refractivity contribution in [3.05, 3.63) is 152 Å². The van der Waals surface area contributed by atoms with Crippen LogP contribution in [-0.2, 0) is 0 Å². The van der Waals surface area contributed by atoms with Crippen molar-refractivity contribution in [1.29, 1.82) is 0 Å². The van der Waals surface area contributed by atoms with Crippen molar-refractivity contribution in [3.8, 4) is 0 Å². The van der Waals surface area contributed by atoms with Gasteiger partial charge in [0.1, 0.15) is 0 Å². The summed E-state index contributed by atoms with van der Waals surface area (Å²) in [4.78, 5) is 0. The van der Waals surface area contributed by atoms with Crippen LogP contribution < -0.4 is 21.3 Å². The Morgan fingerprint density at radius 2 is 0.676 bits per heavy atom. The van der Waals surface area contributed by atoms with Crippen molar-refractivity contribution in [1.82, 2.24) is 0 Å². The Morgan fingerprint density at radius 1 is 0.382 bits per heavy atom. The molecule has 0 aliphatic rings. The van der Waals surface area contributed by atoms with Gasteiger partial charge in [0.15, 0.2) is 0 Å². The van der Waals surface area contributed by atoms with E-state index in [9.17, 15) is 0 Å². The molecule has 5 rings (SSSR count). The average molecular weight is 563 g/mol. The van der Waals surface area contributed by atoms with Crippen LogP contribution in [-0.4, -0.2) is 24.5 Å². The van der Waals surface area contributed by atoms with E-state index in [1.807, 2.05) is 0 Å². The van der Waals surface area contributed by atoms with Crippen LogP contribution in [0.25, 0.3) is 0 Å². The number of hydrogen-bond donors (Lipinski definition) is 0. The van der Waals surface area contributed by atoms with Crippen molar-refractivity contribution in [2.45, 2.75) is 4.44 Å².